The van der Waals surface area contributed by atoms with E-state index in [2.05, 4.69) is 19.1 Å². The highest BCUT2D eigenvalue weighted by Gasteiger charge is 2.07. The number of rotatable bonds is 7. The van der Waals surface area contributed by atoms with Gasteiger partial charge in [-0.05, 0) is 23.6 Å². The average Bonchev–Trinajstić information content (AvgIpc) is 2.50. The Balaban J connectivity index is 1.85. The van der Waals surface area contributed by atoms with Crippen LogP contribution < -0.4 is 0 Å². The first kappa shape index (κ1) is 16.1. The fraction of sp³-hybridized carbons (Fsp3) is 0.278. The van der Waals surface area contributed by atoms with E-state index in [9.17, 15) is 4.79 Å². The lowest BCUT2D eigenvalue weighted by Crippen LogP contribution is -2.03. The number of benzene rings is 2. The molecule has 2 aromatic carbocycles. The van der Waals surface area contributed by atoms with Crippen LogP contribution in [-0.2, 0) is 12.2 Å². The third kappa shape index (κ3) is 4.90. The Bertz CT molecular complexity index is 592. The van der Waals surface area contributed by atoms with Crippen molar-refractivity contribution in [3.8, 4) is 0 Å². The molecule has 1 nitrogen and oxygen atoms in total. The van der Waals surface area contributed by atoms with E-state index in [1.807, 2.05) is 36.4 Å². The van der Waals surface area contributed by atoms with Crippen LogP contribution in [0.2, 0.25) is 5.02 Å². The molecule has 0 N–H and O–H groups in total. The van der Waals surface area contributed by atoms with Gasteiger partial charge in [-0.15, -0.1) is 11.8 Å². The van der Waals surface area contributed by atoms with Crippen molar-refractivity contribution in [1.82, 2.24) is 0 Å². The van der Waals surface area contributed by atoms with Gasteiger partial charge in [-0.1, -0.05) is 67.4 Å². The third-order valence-corrected chi connectivity index (χ3v) is 4.61. The molecule has 0 radical (unpaired) electrons. The highest BCUT2D eigenvalue weighted by atomic mass is 35.5. The molecule has 0 bridgehead atoms. The second-order valence-electron chi connectivity index (χ2n) is 4.95. The Morgan fingerprint density at radius 3 is 2.48 bits per heavy atom. The van der Waals surface area contributed by atoms with Gasteiger partial charge in [0, 0.05) is 16.3 Å². The molecule has 0 heterocycles. The number of thioether (sulfide) groups is 1. The molecule has 0 aliphatic rings. The summed E-state index contributed by atoms with van der Waals surface area (Å²) in [5, 5.41) is 0.765. The normalized spacial score (nSPS) is 10.6. The number of Topliss-reactive ketones (excluding diaryl/α,β-unsaturated/α-hetero) is 1. The number of aryl methyl sites for hydroxylation is 1. The fourth-order valence-corrected chi connectivity index (χ4v) is 3.31. The van der Waals surface area contributed by atoms with Gasteiger partial charge >= 0.3 is 0 Å². The molecular formula is C18H19ClOS. The predicted molar refractivity (Wildman–Crippen MR) is 92.4 cm³/mol. The maximum atomic E-state index is 12.1. The van der Waals surface area contributed by atoms with Gasteiger partial charge in [0.05, 0.1) is 5.75 Å². The summed E-state index contributed by atoms with van der Waals surface area (Å²) in [6.07, 6.45) is 2.19. The van der Waals surface area contributed by atoms with E-state index in [1.165, 1.54) is 5.56 Å². The summed E-state index contributed by atoms with van der Waals surface area (Å²) in [4.78, 5) is 12.1. The van der Waals surface area contributed by atoms with Crippen molar-refractivity contribution in [2.45, 2.75) is 25.5 Å². The lowest BCUT2D eigenvalue weighted by molar-refractivity contribution is 0.102. The minimum atomic E-state index is 0.176. The Kier molecular flexibility index (Phi) is 6.34. The van der Waals surface area contributed by atoms with Gasteiger partial charge in [-0.2, -0.15) is 0 Å². The summed E-state index contributed by atoms with van der Waals surface area (Å²) < 4.78 is 0. The van der Waals surface area contributed by atoms with Crippen LogP contribution in [0.25, 0.3) is 0 Å². The molecule has 0 amide bonds. The van der Waals surface area contributed by atoms with Gasteiger partial charge in [-0.3, -0.25) is 4.79 Å². The summed E-state index contributed by atoms with van der Waals surface area (Å²) in [6.45, 7) is 2.16. The molecule has 2 aromatic rings. The molecule has 0 aromatic heterocycles. The molecular weight excluding hydrogens is 300 g/mol. The SMILES string of the molecule is CCCc1ccc(C(=O)CSCc2ccccc2Cl)cc1. The van der Waals surface area contributed by atoms with E-state index in [4.69, 9.17) is 11.6 Å². The zero-order valence-corrected chi connectivity index (χ0v) is 13.7. The van der Waals surface area contributed by atoms with Crippen LogP contribution in [0.3, 0.4) is 0 Å². The molecule has 0 fully saturated rings. The van der Waals surface area contributed by atoms with Crippen molar-refractivity contribution < 1.29 is 4.79 Å². The molecule has 3 heteroatoms. The number of carbonyl (C=O) groups excluding carboxylic acids is 1. The Morgan fingerprint density at radius 2 is 1.81 bits per heavy atom. The quantitative estimate of drug-likeness (QED) is 0.635. The zero-order valence-electron chi connectivity index (χ0n) is 12.1. The van der Waals surface area contributed by atoms with Crippen LogP contribution in [0, 0.1) is 0 Å². The Hall–Kier alpha value is -1.25. The summed E-state index contributed by atoms with van der Waals surface area (Å²) in [7, 11) is 0. The first-order chi connectivity index (χ1) is 10.2. The molecule has 2 rings (SSSR count). The van der Waals surface area contributed by atoms with Crippen molar-refractivity contribution in [2.24, 2.45) is 0 Å². The Labute approximate surface area is 135 Å². The van der Waals surface area contributed by atoms with E-state index in [0.717, 1.165) is 34.7 Å². The van der Waals surface area contributed by atoms with Gasteiger partial charge in [0.15, 0.2) is 5.78 Å². The van der Waals surface area contributed by atoms with Crippen LogP contribution >= 0.6 is 23.4 Å². The number of ketones is 1. The lowest BCUT2D eigenvalue weighted by atomic mass is 10.1. The van der Waals surface area contributed by atoms with Crippen LogP contribution in [0.5, 0.6) is 0 Å². The minimum Gasteiger partial charge on any atom is -0.293 e. The molecule has 0 saturated heterocycles. The summed E-state index contributed by atoms with van der Waals surface area (Å²) in [5.74, 6) is 1.42. The molecule has 21 heavy (non-hydrogen) atoms. The third-order valence-electron chi connectivity index (χ3n) is 3.26. The van der Waals surface area contributed by atoms with E-state index in [-0.39, 0.29) is 5.78 Å². The maximum Gasteiger partial charge on any atom is 0.172 e. The smallest absolute Gasteiger partial charge is 0.172 e. The lowest BCUT2D eigenvalue weighted by Gasteiger charge is -2.05. The number of carbonyl (C=O) groups is 1. The van der Waals surface area contributed by atoms with Gasteiger partial charge in [0.2, 0.25) is 0 Å². The standard InChI is InChI=1S/C18H19ClOS/c1-2-5-14-8-10-15(11-9-14)18(20)13-21-12-16-6-3-4-7-17(16)19/h3-4,6-11H,2,5,12-13H2,1H3. The number of halogens is 1. The van der Waals surface area contributed by atoms with E-state index in [1.54, 1.807) is 11.8 Å². The fourth-order valence-electron chi connectivity index (χ4n) is 2.10. The highest BCUT2D eigenvalue weighted by Crippen LogP contribution is 2.21. The van der Waals surface area contributed by atoms with Crippen LogP contribution in [0.1, 0.15) is 34.8 Å². The van der Waals surface area contributed by atoms with Crippen molar-refractivity contribution in [1.29, 1.82) is 0 Å². The summed E-state index contributed by atoms with van der Waals surface area (Å²) >= 11 is 7.71. The molecule has 0 aliphatic heterocycles. The number of hydrogen-bond acceptors (Lipinski definition) is 2. The van der Waals surface area contributed by atoms with E-state index in [0.29, 0.717) is 5.75 Å². The number of hydrogen-bond donors (Lipinski definition) is 0. The van der Waals surface area contributed by atoms with Gasteiger partial charge in [0.25, 0.3) is 0 Å². The topological polar surface area (TPSA) is 17.1 Å². The minimum absolute atomic E-state index is 0.176. The molecule has 0 atom stereocenters. The molecule has 0 unspecified atom stereocenters. The van der Waals surface area contributed by atoms with Crippen molar-refractivity contribution in [2.75, 3.05) is 5.75 Å². The Morgan fingerprint density at radius 1 is 1.10 bits per heavy atom. The summed E-state index contributed by atoms with van der Waals surface area (Å²) in [5.41, 5.74) is 3.16. The molecule has 0 spiro atoms. The van der Waals surface area contributed by atoms with E-state index < -0.39 is 0 Å². The van der Waals surface area contributed by atoms with Gasteiger partial charge < -0.3 is 0 Å². The second kappa shape index (κ2) is 8.26. The molecule has 0 aliphatic carbocycles. The van der Waals surface area contributed by atoms with Gasteiger partial charge in [-0.25, -0.2) is 0 Å². The van der Waals surface area contributed by atoms with Crippen molar-refractivity contribution in [3.05, 3.63) is 70.2 Å². The van der Waals surface area contributed by atoms with Crippen LogP contribution in [0.15, 0.2) is 48.5 Å². The van der Waals surface area contributed by atoms with Crippen molar-refractivity contribution in [3.63, 3.8) is 0 Å². The van der Waals surface area contributed by atoms with Crippen LogP contribution in [-0.4, -0.2) is 11.5 Å². The first-order valence-electron chi connectivity index (χ1n) is 7.14. The highest BCUT2D eigenvalue weighted by molar-refractivity contribution is 7.99. The predicted octanol–water partition coefficient (Wildman–Crippen LogP) is 5.41. The largest absolute Gasteiger partial charge is 0.293 e. The monoisotopic (exact) mass is 318 g/mol. The zero-order chi connectivity index (χ0) is 15.1. The van der Waals surface area contributed by atoms with Crippen LogP contribution in [0.4, 0.5) is 0 Å². The first-order valence-corrected chi connectivity index (χ1v) is 8.67. The molecule has 110 valence electrons. The summed E-state index contributed by atoms with van der Waals surface area (Å²) in [6, 6.07) is 15.7. The second-order valence-corrected chi connectivity index (χ2v) is 6.35. The molecule has 0 saturated carbocycles. The van der Waals surface area contributed by atoms with Gasteiger partial charge in [0.1, 0.15) is 0 Å². The maximum absolute atomic E-state index is 12.1. The average molecular weight is 319 g/mol. The van der Waals surface area contributed by atoms with Crippen molar-refractivity contribution >= 4 is 29.1 Å². The van der Waals surface area contributed by atoms with E-state index >= 15 is 0 Å².